The fourth-order valence-corrected chi connectivity index (χ4v) is 5.09. The zero-order valence-electron chi connectivity index (χ0n) is 14.9. The first-order chi connectivity index (χ1) is 10.6. The summed E-state index contributed by atoms with van der Waals surface area (Å²) in [5.74, 6) is -0.906. The van der Waals surface area contributed by atoms with Gasteiger partial charge < -0.3 is 9.80 Å². The molecular formula is C18H28N2O3. The maximum Gasteiger partial charge on any atom is 0.237 e. The van der Waals surface area contributed by atoms with E-state index in [2.05, 4.69) is 11.9 Å². The molecule has 3 fully saturated rings. The topological polar surface area (TPSA) is 57.7 Å². The molecule has 5 heteroatoms. The Kier molecular flexibility index (Phi) is 3.53. The number of likely N-dealkylation sites (tertiary alicyclic amines) is 1. The van der Waals surface area contributed by atoms with E-state index in [0.29, 0.717) is 12.8 Å². The Labute approximate surface area is 138 Å². The predicted octanol–water partition coefficient (Wildman–Crippen LogP) is 1.50. The number of Topliss-reactive ketones (excluding diaryl/α,β-unsaturated/α-hetero) is 2. The van der Waals surface area contributed by atoms with Crippen LogP contribution in [0.15, 0.2) is 0 Å². The van der Waals surface area contributed by atoms with Crippen LogP contribution in [0.2, 0.25) is 0 Å². The van der Waals surface area contributed by atoms with Crippen LogP contribution in [0.3, 0.4) is 0 Å². The van der Waals surface area contributed by atoms with Crippen LogP contribution in [-0.4, -0.2) is 60.5 Å². The minimum absolute atomic E-state index is 0.128. The fraction of sp³-hybridized carbons (Fsp3) is 0.833. The number of rotatable bonds is 2. The number of carbonyl (C=O) groups excluding carboxylic acids is 3. The molecule has 5 nitrogen and oxygen atoms in total. The van der Waals surface area contributed by atoms with E-state index in [-0.39, 0.29) is 17.7 Å². The van der Waals surface area contributed by atoms with Crippen molar-refractivity contribution in [3.63, 3.8) is 0 Å². The molecule has 0 radical (unpaired) electrons. The largest absolute Gasteiger partial charge is 0.342 e. The van der Waals surface area contributed by atoms with Crippen molar-refractivity contribution in [2.75, 3.05) is 27.2 Å². The van der Waals surface area contributed by atoms with Crippen molar-refractivity contribution < 1.29 is 14.4 Å². The molecule has 0 N–H and O–H groups in total. The first kappa shape index (κ1) is 16.6. The number of hydrogen-bond donors (Lipinski definition) is 0. The predicted molar refractivity (Wildman–Crippen MR) is 86.9 cm³/mol. The molecule has 2 aliphatic carbocycles. The van der Waals surface area contributed by atoms with Gasteiger partial charge in [0.15, 0.2) is 0 Å². The van der Waals surface area contributed by atoms with Crippen LogP contribution in [0.25, 0.3) is 0 Å². The zero-order chi connectivity index (χ0) is 17.2. The molecule has 1 amide bonds. The summed E-state index contributed by atoms with van der Waals surface area (Å²) in [7, 11) is 3.90. The highest BCUT2D eigenvalue weighted by Crippen LogP contribution is 2.69. The molecule has 3 rings (SSSR count). The number of fused-ring (bicyclic) bond motifs is 2. The second-order valence-corrected chi connectivity index (χ2v) is 8.47. The number of hydrogen-bond acceptors (Lipinski definition) is 4. The zero-order valence-corrected chi connectivity index (χ0v) is 14.9. The third-order valence-electron chi connectivity index (χ3n) is 7.46. The number of amides is 1. The normalized spacial score (nSPS) is 37.4. The highest BCUT2D eigenvalue weighted by Gasteiger charge is 2.78. The summed E-state index contributed by atoms with van der Waals surface area (Å²) in [6.07, 6.45) is 3.00. The van der Waals surface area contributed by atoms with Crippen LogP contribution >= 0.6 is 0 Å². The van der Waals surface area contributed by atoms with Gasteiger partial charge in [-0.1, -0.05) is 20.8 Å². The number of ketones is 2. The first-order valence-electron chi connectivity index (χ1n) is 8.64. The van der Waals surface area contributed by atoms with Gasteiger partial charge in [-0.15, -0.1) is 0 Å². The van der Waals surface area contributed by atoms with Crippen LogP contribution < -0.4 is 0 Å². The Bertz CT molecular complexity index is 577. The van der Waals surface area contributed by atoms with E-state index in [1.165, 1.54) is 0 Å². The lowest BCUT2D eigenvalue weighted by Gasteiger charge is -2.42. The highest BCUT2D eigenvalue weighted by atomic mass is 16.2. The molecule has 2 saturated carbocycles. The van der Waals surface area contributed by atoms with Crippen LogP contribution in [0.1, 0.15) is 46.5 Å². The standard InChI is InChI=1S/C18H28N2O3/c1-16(2)17(3)8-9-18(16,14(22)13(17)21)15(23)20(5)12-6-10-19(4)11-7-12/h12H,6-11H2,1-5H3/t17-,18+/m1/s1. The van der Waals surface area contributed by atoms with Crippen molar-refractivity contribution in [1.29, 1.82) is 0 Å². The van der Waals surface area contributed by atoms with Gasteiger partial charge in [-0.05, 0) is 51.2 Å². The molecule has 0 aromatic carbocycles. The maximum absolute atomic E-state index is 13.4. The Morgan fingerprint density at radius 2 is 1.65 bits per heavy atom. The third kappa shape index (κ3) is 1.80. The average Bonchev–Trinajstić information content (AvgIpc) is 2.79. The van der Waals surface area contributed by atoms with Crippen molar-refractivity contribution >= 4 is 17.5 Å². The summed E-state index contributed by atoms with van der Waals surface area (Å²) in [5, 5.41) is 0. The molecule has 23 heavy (non-hydrogen) atoms. The van der Waals surface area contributed by atoms with Crippen LogP contribution in [0.4, 0.5) is 0 Å². The first-order valence-corrected chi connectivity index (χ1v) is 8.64. The summed E-state index contributed by atoms with van der Waals surface area (Å²) in [6, 6.07) is 0.166. The number of nitrogens with zero attached hydrogens (tertiary/aromatic N) is 2. The van der Waals surface area contributed by atoms with Gasteiger partial charge in [0.25, 0.3) is 0 Å². The monoisotopic (exact) mass is 320 g/mol. The molecule has 0 spiro atoms. The molecule has 128 valence electrons. The van der Waals surface area contributed by atoms with Gasteiger partial charge in [0.05, 0.1) is 0 Å². The number of carbonyl (C=O) groups is 3. The Morgan fingerprint density at radius 3 is 2.13 bits per heavy atom. The molecule has 0 aromatic rings. The smallest absolute Gasteiger partial charge is 0.237 e. The van der Waals surface area contributed by atoms with E-state index >= 15 is 0 Å². The SMILES string of the molecule is CN1CCC(N(C)C(=O)[C@]23CC[C@](C)(C(=O)C2=O)C3(C)C)CC1. The molecule has 3 aliphatic rings. The Balaban J connectivity index is 1.92. The lowest BCUT2D eigenvalue weighted by molar-refractivity contribution is -0.156. The van der Waals surface area contributed by atoms with Crippen molar-refractivity contribution in [1.82, 2.24) is 9.80 Å². The van der Waals surface area contributed by atoms with Gasteiger partial charge in [-0.3, -0.25) is 14.4 Å². The fourth-order valence-electron chi connectivity index (χ4n) is 5.09. The molecule has 0 aromatic heterocycles. The highest BCUT2D eigenvalue weighted by molar-refractivity contribution is 6.48. The van der Waals surface area contributed by atoms with Gasteiger partial charge in [0.2, 0.25) is 17.5 Å². The molecule has 2 bridgehead atoms. The van der Waals surface area contributed by atoms with Crippen molar-refractivity contribution in [2.45, 2.75) is 52.5 Å². The van der Waals surface area contributed by atoms with E-state index in [0.717, 1.165) is 25.9 Å². The van der Waals surface area contributed by atoms with Gasteiger partial charge in [-0.2, -0.15) is 0 Å². The Hall–Kier alpha value is -1.23. The quantitative estimate of drug-likeness (QED) is 0.571. The van der Waals surface area contributed by atoms with E-state index < -0.39 is 22.0 Å². The molecule has 2 atom stereocenters. The van der Waals surface area contributed by atoms with Crippen LogP contribution in [-0.2, 0) is 14.4 Å². The second-order valence-electron chi connectivity index (χ2n) is 8.47. The van der Waals surface area contributed by atoms with E-state index in [4.69, 9.17) is 0 Å². The van der Waals surface area contributed by atoms with Crippen LogP contribution in [0.5, 0.6) is 0 Å². The van der Waals surface area contributed by atoms with Gasteiger partial charge in [0.1, 0.15) is 5.41 Å². The summed E-state index contributed by atoms with van der Waals surface area (Å²) in [4.78, 5) is 42.7. The van der Waals surface area contributed by atoms with Gasteiger partial charge in [-0.25, -0.2) is 0 Å². The average molecular weight is 320 g/mol. The van der Waals surface area contributed by atoms with Crippen molar-refractivity contribution in [3.8, 4) is 0 Å². The summed E-state index contributed by atoms with van der Waals surface area (Å²) >= 11 is 0. The van der Waals surface area contributed by atoms with E-state index in [1.54, 1.807) is 4.90 Å². The molecule has 1 aliphatic heterocycles. The molecule has 0 unspecified atom stereocenters. The lowest BCUT2D eigenvalue weighted by Crippen LogP contribution is -2.55. The van der Waals surface area contributed by atoms with Crippen LogP contribution in [0, 0.1) is 16.2 Å². The molecule has 1 heterocycles. The summed E-state index contributed by atoms with van der Waals surface area (Å²) < 4.78 is 0. The van der Waals surface area contributed by atoms with Crippen molar-refractivity contribution in [3.05, 3.63) is 0 Å². The maximum atomic E-state index is 13.4. The van der Waals surface area contributed by atoms with E-state index in [9.17, 15) is 14.4 Å². The minimum Gasteiger partial charge on any atom is -0.342 e. The van der Waals surface area contributed by atoms with Crippen molar-refractivity contribution in [2.24, 2.45) is 16.2 Å². The van der Waals surface area contributed by atoms with E-state index in [1.807, 2.05) is 27.8 Å². The third-order valence-corrected chi connectivity index (χ3v) is 7.46. The Morgan fingerprint density at radius 1 is 1.09 bits per heavy atom. The summed E-state index contributed by atoms with van der Waals surface area (Å²) in [5.41, 5.74) is -2.44. The molecular weight excluding hydrogens is 292 g/mol. The summed E-state index contributed by atoms with van der Waals surface area (Å²) in [6.45, 7) is 7.66. The van der Waals surface area contributed by atoms with Gasteiger partial charge in [0, 0.05) is 18.5 Å². The lowest BCUT2D eigenvalue weighted by atomic mass is 9.64. The molecule has 1 saturated heterocycles. The second kappa shape index (κ2) is 4.88. The minimum atomic E-state index is -1.14. The van der Waals surface area contributed by atoms with Gasteiger partial charge >= 0.3 is 0 Å². The number of piperidine rings is 1.